The molecule has 144 valence electrons. The number of amides is 4. The Labute approximate surface area is 172 Å². The Hall–Kier alpha value is -1.94. The first-order valence-corrected chi connectivity index (χ1v) is 9.94. The standard InChI is InChI=1S/C17H17Br2N3O5/c18-10-3-4-12(11(19)7-10)20-13(23)9-27-14(24)8-22-15(25)17(21-16(22)26)5-1-2-6-17/h3-4,7H,1-2,5-6,8-9H2,(H,20,23)(H,21,26). The van der Waals surface area contributed by atoms with Gasteiger partial charge in [-0.25, -0.2) is 4.79 Å². The topological polar surface area (TPSA) is 105 Å². The minimum absolute atomic E-state index is 0.398. The average molecular weight is 503 g/mol. The first-order chi connectivity index (χ1) is 12.8. The monoisotopic (exact) mass is 501 g/mol. The molecule has 2 fully saturated rings. The summed E-state index contributed by atoms with van der Waals surface area (Å²) in [6.45, 7) is -1.03. The van der Waals surface area contributed by atoms with Crippen molar-refractivity contribution in [3.8, 4) is 0 Å². The molecule has 0 unspecified atom stereocenters. The molecule has 1 aliphatic carbocycles. The molecule has 4 amide bonds. The molecule has 3 rings (SSSR count). The smallest absolute Gasteiger partial charge is 0.326 e. The lowest BCUT2D eigenvalue weighted by Crippen LogP contribution is -2.44. The molecular formula is C17H17Br2N3O5. The SMILES string of the molecule is O=C(COC(=O)CN1C(=O)NC2(CCCC2)C1=O)Nc1ccc(Br)cc1Br. The van der Waals surface area contributed by atoms with Crippen molar-refractivity contribution in [1.29, 1.82) is 0 Å². The largest absolute Gasteiger partial charge is 0.454 e. The highest BCUT2D eigenvalue weighted by Crippen LogP contribution is 2.34. The first-order valence-electron chi connectivity index (χ1n) is 8.35. The molecule has 1 aromatic rings. The van der Waals surface area contributed by atoms with Crippen molar-refractivity contribution >= 4 is 61.4 Å². The molecule has 1 heterocycles. The zero-order valence-corrected chi connectivity index (χ0v) is 17.4. The molecule has 2 aliphatic rings. The summed E-state index contributed by atoms with van der Waals surface area (Å²) in [6, 6.07) is 4.60. The number of hydrogen-bond acceptors (Lipinski definition) is 5. The van der Waals surface area contributed by atoms with E-state index in [-0.39, 0.29) is 0 Å². The number of anilines is 1. The summed E-state index contributed by atoms with van der Waals surface area (Å²) in [5, 5.41) is 5.28. The summed E-state index contributed by atoms with van der Waals surface area (Å²) in [4.78, 5) is 49.3. The lowest BCUT2D eigenvalue weighted by Gasteiger charge is -2.19. The Bertz CT molecular complexity index is 808. The van der Waals surface area contributed by atoms with Crippen LogP contribution in [0.15, 0.2) is 27.1 Å². The van der Waals surface area contributed by atoms with Crippen molar-refractivity contribution in [3.63, 3.8) is 0 Å². The normalized spacial score (nSPS) is 17.9. The summed E-state index contributed by atoms with van der Waals surface area (Å²) in [5.74, 6) is -1.75. The van der Waals surface area contributed by atoms with Crippen molar-refractivity contribution in [2.75, 3.05) is 18.5 Å². The Morgan fingerprint density at radius 3 is 2.59 bits per heavy atom. The van der Waals surface area contributed by atoms with Gasteiger partial charge in [0.2, 0.25) is 0 Å². The van der Waals surface area contributed by atoms with Gasteiger partial charge in [-0.3, -0.25) is 19.3 Å². The molecule has 1 aromatic carbocycles. The number of ether oxygens (including phenoxy) is 1. The first kappa shape index (κ1) is 19.8. The highest BCUT2D eigenvalue weighted by molar-refractivity contribution is 9.11. The molecule has 1 saturated carbocycles. The van der Waals surface area contributed by atoms with E-state index in [1.807, 2.05) is 0 Å². The van der Waals surface area contributed by atoms with Gasteiger partial charge in [0.15, 0.2) is 6.61 Å². The minimum Gasteiger partial charge on any atom is -0.454 e. The van der Waals surface area contributed by atoms with Crippen LogP contribution < -0.4 is 10.6 Å². The number of hydrogen-bond donors (Lipinski definition) is 2. The molecule has 8 nitrogen and oxygen atoms in total. The second-order valence-electron chi connectivity index (χ2n) is 6.44. The summed E-state index contributed by atoms with van der Waals surface area (Å²) in [6.07, 6.45) is 2.87. The van der Waals surface area contributed by atoms with Gasteiger partial charge in [0.25, 0.3) is 11.8 Å². The van der Waals surface area contributed by atoms with Gasteiger partial charge in [-0.15, -0.1) is 0 Å². The van der Waals surface area contributed by atoms with Gasteiger partial charge < -0.3 is 15.4 Å². The molecule has 0 bridgehead atoms. The number of nitrogens with one attached hydrogen (secondary N) is 2. The number of carbonyl (C=O) groups is 4. The molecule has 1 saturated heterocycles. The summed E-state index contributed by atoms with van der Waals surface area (Å²) in [5.41, 5.74) is -0.348. The number of nitrogens with zero attached hydrogens (tertiary/aromatic N) is 1. The van der Waals surface area contributed by atoms with Crippen molar-refractivity contribution in [2.24, 2.45) is 0 Å². The molecule has 0 aromatic heterocycles. The third-order valence-corrected chi connectivity index (χ3v) is 5.71. The molecule has 27 heavy (non-hydrogen) atoms. The predicted molar refractivity (Wildman–Crippen MR) is 103 cm³/mol. The number of urea groups is 1. The van der Waals surface area contributed by atoms with Crippen LogP contribution in [0.5, 0.6) is 0 Å². The fraction of sp³-hybridized carbons (Fsp3) is 0.412. The van der Waals surface area contributed by atoms with E-state index in [1.165, 1.54) is 0 Å². The number of benzene rings is 1. The van der Waals surface area contributed by atoms with Crippen molar-refractivity contribution in [2.45, 2.75) is 31.2 Å². The van der Waals surface area contributed by atoms with Crippen LogP contribution >= 0.6 is 31.9 Å². The van der Waals surface area contributed by atoms with E-state index in [1.54, 1.807) is 18.2 Å². The Balaban J connectivity index is 1.50. The number of esters is 1. The number of carbonyl (C=O) groups excluding carboxylic acids is 4. The molecular weight excluding hydrogens is 486 g/mol. The van der Waals surface area contributed by atoms with Gasteiger partial charge in [-0.05, 0) is 47.0 Å². The molecule has 0 radical (unpaired) electrons. The van der Waals surface area contributed by atoms with Crippen molar-refractivity contribution in [1.82, 2.24) is 10.2 Å². The van der Waals surface area contributed by atoms with E-state index in [2.05, 4.69) is 42.5 Å². The van der Waals surface area contributed by atoms with Crippen LogP contribution in [0.4, 0.5) is 10.5 Å². The maximum atomic E-state index is 12.5. The predicted octanol–water partition coefficient (Wildman–Crippen LogP) is 2.56. The second kappa shape index (κ2) is 7.97. The molecule has 0 atom stereocenters. The average Bonchev–Trinajstić information content (AvgIpc) is 3.17. The van der Waals surface area contributed by atoms with Gasteiger partial charge in [0.05, 0.1) is 5.69 Å². The Kier molecular flexibility index (Phi) is 5.85. The van der Waals surface area contributed by atoms with Crippen LogP contribution in [-0.2, 0) is 19.1 Å². The van der Waals surface area contributed by atoms with Crippen molar-refractivity contribution in [3.05, 3.63) is 27.1 Å². The van der Waals surface area contributed by atoms with E-state index in [0.717, 1.165) is 22.2 Å². The van der Waals surface area contributed by atoms with Crippen LogP contribution in [0, 0.1) is 0 Å². The number of rotatable bonds is 5. The van der Waals surface area contributed by atoms with Crippen LogP contribution in [0.3, 0.4) is 0 Å². The zero-order chi connectivity index (χ0) is 19.6. The van der Waals surface area contributed by atoms with Crippen LogP contribution in [0.1, 0.15) is 25.7 Å². The van der Waals surface area contributed by atoms with Gasteiger partial charge >= 0.3 is 12.0 Å². The molecule has 10 heteroatoms. The molecule has 1 aliphatic heterocycles. The minimum atomic E-state index is -0.872. The third-order valence-electron chi connectivity index (χ3n) is 4.56. The lowest BCUT2D eigenvalue weighted by molar-refractivity contribution is -0.150. The van der Waals surface area contributed by atoms with Crippen LogP contribution in [0.2, 0.25) is 0 Å². The van der Waals surface area contributed by atoms with E-state index >= 15 is 0 Å². The molecule has 2 N–H and O–H groups in total. The zero-order valence-electron chi connectivity index (χ0n) is 14.2. The lowest BCUT2D eigenvalue weighted by atomic mass is 9.98. The van der Waals surface area contributed by atoms with Gasteiger partial charge in [-0.1, -0.05) is 28.8 Å². The van der Waals surface area contributed by atoms with E-state index in [9.17, 15) is 19.2 Å². The summed E-state index contributed by atoms with van der Waals surface area (Å²) in [7, 11) is 0. The Morgan fingerprint density at radius 2 is 1.93 bits per heavy atom. The maximum absolute atomic E-state index is 12.5. The van der Waals surface area contributed by atoms with Crippen LogP contribution in [-0.4, -0.2) is 47.4 Å². The van der Waals surface area contributed by atoms with Gasteiger partial charge in [-0.2, -0.15) is 0 Å². The van der Waals surface area contributed by atoms with Crippen LogP contribution in [0.25, 0.3) is 0 Å². The highest BCUT2D eigenvalue weighted by Gasteiger charge is 2.52. The second-order valence-corrected chi connectivity index (χ2v) is 8.21. The van der Waals surface area contributed by atoms with E-state index < -0.39 is 42.5 Å². The maximum Gasteiger partial charge on any atom is 0.326 e. The fourth-order valence-electron chi connectivity index (χ4n) is 3.24. The number of imide groups is 1. The molecule has 1 spiro atoms. The summed E-state index contributed by atoms with van der Waals surface area (Å²) >= 11 is 6.62. The van der Waals surface area contributed by atoms with E-state index in [4.69, 9.17) is 4.74 Å². The summed E-state index contributed by atoms with van der Waals surface area (Å²) < 4.78 is 6.40. The van der Waals surface area contributed by atoms with E-state index in [0.29, 0.717) is 23.0 Å². The third kappa shape index (κ3) is 4.32. The Morgan fingerprint density at radius 1 is 1.22 bits per heavy atom. The number of halogens is 2. The fourth-order valence-corrected chi connectivity index (χ4v) is 4.38. The van der Waals surface area contributed by atoms with Crippen molar-refractivity contribution < 1.29 is 23.9 Å². The highest BCUT2D eigenvalue weighted by atomic mass is 79.9. The van der Waals surface area contributed by atoms with Gasteiger partial charge in [0.1, 0.15) is 12.1 Å². The van der Waals surface area contributed by atoms with Gasteiger partial charge in [0, 0.05) is 8.95 Å². The quantitative estimate of drug-likeness (QED) is 0.475.